The molecule has 0 atom stereocenters. The van der Waals surface area contributed by atoms with E-state index in [1.54, 1.807) is 69.9 Å². The molecule has 0 radical (unpaired) electrons. The normalized spacial score (nSPS) is 10.5. The van der Waals surface area contributed by atoms with Gasteiger partial charge < -0.3 is 48.4 Å². The summed E-state index contributed by atoms with van der Waals surface area (Å²) < 4.78 is 51.2. The van der Waals surface area contributed by atoms with Crippen LogP contribution in [0, 0.1) is 0 Å². The van der Waals surface area contributed by atoms with Gasteiger partial charge in [0.1, 0.15) is 17.2 Å². The molecule has 1 amide bonds. The zero-order chi connectivity index (χ0) is 32.8. The van der Waals surface area contributed by atoms with Gasteiger partial charge in [-0.05, 0) is 41.5 Å². The van der Waals surface area contributed by atoms with Gasteiger partial charge in [-0.2, -0.15) is 0 Å². The van der Waals surface area contributed by atoms with Crippen molar-refractivity contribution in [2.45, 2.75) is 0 Å². The van der Waals surface area contributed by atoms with Gasteiger partial charge in [-0.3, -0.25) is 4.79 Å². The molecule has 0 aliphatic carbocycles. The minimum Gasteiger partial charge on any atom is -0.496 e. The topological polar surface area (TPSA) is 126 Å². The Labute approximate surface area is 262 Å². The number of carbonyl (C=O) groups is 1. The predicted octanol–water partition coefficient (Wildman–Crippen LogP) is 5.86. The molecule has 0 aliphatic rings. The van der Waals surface area contributed by atoms with E-state index in [4.69, 9.17) is 48.4 Å². The standard InChI is InChI=1S/C34H37NO10/c1-37-24-15-30(43-7)27(40-4)12-19(24)21-10-18(34(35)36)11-22(20-13-28(41-5)31(44-8)16-25(20)38-2)33(21)23-14-29(42-6)32(45-9)17-26(23)39-3/h10-17H,1-9H3,(H2,35,36). The number of nitrogens with two attached hydrogens (primary N) is 1. The summed E-state index contributed by atoms with van der Waals surface area (Å²) in [5, 5.41) is 0. The number of rotatable bonds is 13. The molecular weight excluding hydrogens is 582 g/mol. The van der Waals surface area contributed by atoms with Gasteiger partial charge >= 0.3 is 0 Å². The fraction of sp³-hybridized carbons (Fsp3) is 0.265. The second-order valence-electron chi connectivity index (χ2n) is 9.53. The lowest BCUT2D eigenvalue weighted by Crippen LogP contribution is -2.12. The van der Waals surface area contributed by atoms with Crippen LogP contribution in [-0.4, -0.2) is 69.9 Å². The minimum atomic E-state index is -0.651. The van der Waals surface area contributed by atoms with Crippen LogP contribution < -0.4 is 48.4 Å². The first-order valence-electron chi connectivity index (χ1n) is 13.6. The maximum Gasteiger partial charge on any atom is 0.248 e. The largest absolute Gasteiger partial charge is 0.496 e. The van der Waals surface area contributed by atoms with Crippen LogP contribution in [0.1, 0.15) is 10.4 Å². The molecule has 0 aliphatic heterocycles. The molecular formula is C34H37NO10. The molecule has 0 spiro atoms. The van der Waals surface area contributed by atoms with Gasteiger partial charge in [-0.25, -0.2) is 0 Å². The Bertz CT molecular complexity index is 1630. The highest BCUT2D eigenvalue weighted by atomic mass is 16.5. The minimum absolute atomic E-state index is 0.219. The monoisotopic (exact) mass is 619 g/mol. The summed E-state index contributed by atoms with van der Waals surface area (Å²) in [6.45, 7) is 0. The van der Waals surface area contributed by atoms with Crippen molar-refractivity contribution in [1.82, 2.24) is 0 Å². The molecule has 4 aromatic rings. The number of amides is 1. The Hall–Kier alpha value is -5.45. The second kappa shape index (κ2) is 13.9. The van der Waals surface area contributed by atoms with Gasteiger partial charge in [0.05, 0.1) is 64.0 Å². The van der Waals surface area contributed by atoms with E-state index in [0.29, 0.717) is 85.1 Å². The molecule has 4 rings (SSSR count). The average molecular weight is 620 g/mol. The summed E-state index contributed by atoms with van der Waals surface area (Å²) in [7, 11) is 13.8. The molecule has 4 aromatic carbocycles. The van der Waals surface area contributed by atoms with E-state index in [9.17, 15) is 4.79 Å². The lowest BCUT2D eigenvalue weighted by molar-refractivity contribution is 0.100. The molecule has 0 saturated carbocycles. The van der Waals surface area contributed by atoms with Gasteiger partial charge in [-0.15, -0.1) is 0 Å². The fourth-order valence-corrected chi connectivity index (χ4v) is 5.20. The number of benzene rings is 4. The summed E-state index contributed by atoms with van der Waals surface area (Å²) in [6, 6.07) is 13.8. The van der Waals surface area contributed by atoms with Crippen LogP contribution in [0.5, 0.6) is 51.7 Å². The van der Waals surface area contributed by atoms with Crippen molar-refractivity contribution in [3.05, 3.63) is 54.1 Å². The van der Waals surface area contributed by atoms with Crippen molar-refractivity contribution < 1.29 is 47.4 Å². The average Bonchev–Trinajstić information content (AvgIpc) is 3.08. The third-order valence-corrected chi connectivity index (χ3v) is 7.39. The van der Waals surface area contributed by atoms with E-state index in [-0.39, 0.29) is 5.56 Å². The first-order chi connectivity index (χ1) is 21.7. The Morgan fingerprint density at radius 1 is 0.378 bits per heavy atom. The molecule has 11 nitrogen and oxygen atoms in total. The lowest BCUT2D eigenvalue weighted by atomic mass is 9.84. The summed E-state index contributed by atoms with van der Waals surface area (Å²) >= 11 is 0. The summed E-state index contributed by atoms with van der Waals surface area (Å²) in [6.07, 6.45) is 0. The number of carbonyl (C=O) groups excluding carboxylic acids is 1. The zero-order valence-electron chi connectivity index (χ0n) is 26.8. The van der Waals surface area contributed by atoms with E-state index in [0.717, 1.165) is 0 Å². The zero-order valence-corrected chi connectivity index (χ0v) is 26.8. The molecule has 0 unspecified atom stereocenters. The van der Waals surface area contributed by atoms with Gasteiger partial charge in [0, 0.05) is 46.0 Å². The molecule has 0 heterocycles. The third kappa shape index (κ3) is 6.01. The van der Waals surface area contributed by atoms with E-state index in [2.05, 4.69) is 0 Å². The van der Waals surface area contributed by atoms with Crippen molar-refractivity contribution in [1.29, 1.82) is 0 Å². The highest BCUT2D eigenvalue weighted by molar-refractivity contribution is 6.05. The SMILES string of the molecule is COc1cc(OC)c(-c2cc(C(N)=O)cc(-c3cc(OC)c(OC)cc3OC)c2-c2cc(OC)c(OC)cc2OC)cc1OC. The van der Waals surface area contributed by atoms with E-state index in [1.807, 2.05) is 0 Å². The van der Waals surface area contributed by atoms with E-state index in [1.165, 1.54) is 42.7 Å². The number of methoxy groups -OCH3 is 9. The summed E-state index contributed by atoms with van der Waals surface area (Å²) in [4.78, 5) is 12.9. The maximum absolute atomic E-state index is 12.9. The van der Waals surface area contributed by atoms with Crippen molar-refractivity contribution in [3.8, 4) is 85.1 Å². The Morgan fingerprint density at radius 3 is 0.933 bits per heavy atom. The smallest absolute Gasteiger partial charge is 0.248 e. The van der Waals surface area contributed by atoms with E-state index >= 15 is 0 Å². The van der Waals surface area contributed by atoms with Crippen molar-refractivity contribution in [2.24, 2.45) is 5.73 Å². The molecule has 0 saturated heterocycles. The van der Waals surface area contributed by atoms with Crippen LogP contribution in [-0.2, 0) is 0 Å². The molecule has 0 fully saturated rings. The molecule has 45 heavy (non-hydrogen) atoms. The quantitative estimate of drug-likeness (QED) is 0.194. The maximum atomic E-state index is 12.9. The highest BCUT2D eigenvalue weighted by Crippen LogP contribution is 2.53. The van der Waals surface area contributed by atoms with Gasteiger partial charge in [0.2, 0.25) is 5.91 Å². The molecule has 238 valence electrons. The molecule has 0 bridgehead atoms. The first kappa shape index (κ1) is 32.5. The van der Waals surface area contributed by atoms with Crippen LogP contribution >= 0.6 is 0 Å². The number of hydrogen-bond acceptors (Lipinski definition) is 10. The first-order valence-corrected chi connectivity index (χ1v) is 13.6. The van der Waals surface area contributed by atoms with Gasteiger partial charge in [-0.1, -0.05) is 0 Å². The van der Waals surface area contributed by atoms with Crippen LogP contribution in [0.3, 0.4) is 0 Å². The number of ether oxygens (including phenoxy) is 9. The van der Waals surface area contributed by atoms with Crippen molar-refractivity contribution in [3.63, 3.8) is 0 Å². The molecule has 0 aromatic heterocycles. The van der Waals surface area contributed by atoms with Crippen molar-refractivity contribution >= 4 is 5.91 Å². The summed E-state index contributed by atoms with van der Waals surface area (Å²) in [5.74, 6) is 3.39. The third-order valence-electron chi connectivity index (χ3n) is 7.39. The van der Waals surface area contributed by atoms with Gasteiger partial charge in [0.25, 0.3) is 0 Å². The fourth-order valence-electron chi connectivity index (χ4n) is 5.20. The second-order valence-corrected chi connectivity index (χ2v) is 9.53. The van der Waals surface area contributed by atoms with Crippen LogP contribution in [0.2, 0.25) is 0 Å². The Balaban J connectivity index is 2.32. The molecule has 11 heteroatoms. The van der Waals surface area contributed by atoms with Crippen LogP contribution in [0.4, 0.5) is 0 Å². The number of primary amides is 1. The van der Waals surface area contributed by atoms with Gasteiger partial charge in [0.15, 0.2) is 34.5 Å². The van der Waals surface area contributed by atoms with Crippen molar-refractivity contribution in [2.75, 3.05) is 64.0 Å². The predicted molar refractivity (Wildman–Crippen MR) is 170 cm³/mol. The number of hydrogen-bond donors (Lipinski definition) is 1. The Morgan fingerprint density at radius 2 is 0.644 bits per heavy atom. The lowest BCUT2D eigenvalue weighted by Gasteiger charge is -2.24. The van der Waals surface area contributed by atoms with E-state index < -0.39 is 5.91 Å². The van der Waals surface area contributed by atoms with Crippen LogP contribution in [0.25, 0.3) is 33.4 Å². The Kier molecular flexibility index (Phi) is 10.0. The molecule has 2 N–H and O–H groups in total. The van der Waals surface area contributed by atoms with Crippen LogP contribution in [0.15, 0.2) is 48.5 Å². The summed E-state index contributed by atoms with van der Waals surface area (Å²) in [5.41, 5.74) is 9.63. The highest BCUT2D eigenvalue weighted by Gasteiger charge is 2.27.